The molecule has 1 aromatic carbocycles. The Labute approximate surface area is 236 Å². The fourth-order valence-corrected chi connectivity index (χ4v) is 5.82. The zero-order valence-corrected chi connectivity index (χ0v) is 23.5. The Bertz CT molecular complexity index is 1340. The van der Waals surface area contributed by atoms with Gasteiger partial charge in [-0.1, -0.05) is 23.4 Å². The molecule has 2 N–H and O–H groups in total. The van der Waals surface area contributed by atoms with Crippen molar-refractivity contribution in [3.8, 4) is 0 Å². The third-order valence-electron chi connectivity index (χ3n) is 7.67. The zero-order valence-electron chi connectivity index (χ0n) is 23.5. The predicted octanol–water partition coefficient (Wildman–Crippen LogP) is 5.64. The maximum absolute atomic E-state index is 13.5. The van der Waals surface area contributed by atoms with Crippen molar-refractivity contribution in [2.24, 2.45) is 5.16 Å². The lowest BCUT2D eigenvalue weighted by Crippen LogP contribution is -2.52. The molecule has 1 saturated carbocycles. The molecule has 3 heterocycles. The summed E-state index contributed by atoms with van der Waals surface area (Å²) in [6, 6.07) is 7.49. The Morgan fingerprint density at radius 2 is 1.88 bits per heavy atom. The standard InChI is InChI=1S/C29H36F3N5O4/c1-27(2,3)40-26(39)37-13-7-12-28(17-37)16-23(36-41-28)25(38)34-19-9-6-8-18(14-19)33-22-15-24(29(30,31)32)35-21-11-5-4-10-20(21)22/h4-5,10-11,15,18-19H,6-9,12-14,16-17H2,1-3H3,(H,33,35)(H,34,38)/t18-,19+,28?/m0/s1. The summed E-state index contributed by atoms with van der Waals surface area (Å²) in [4.78, 5) is 36.9. The van der Waals surface area contributed by atoms with E-state index in [2.05, 4.69) is 20.8 Å². The highest BCUT2D eigenvalue weighted by molar-refractivity contribution is 6.39. The Kier molecular flexibility index (Phi) is 7.78. The summed E-state index contributed by atoms with van der Waals surface area (Å²) in [5.41, 5.74) is -1.38. The van der Waals surface area contributed by atoms with Gasteiger partial charge in [0.2, 0.25) is 0 Å². The number of fused-ring (bicyclic) bond motifs is 1. The number of amides is 2. The minimum Gasteiger partial charge on any atom is -0.444 e. The van der Waals surface area contributed by atoms with Crippen molar-refractivity contribution in [1.29, 1.82) is 0 Å². The van der Waals surface area contributed by atoms with Gasteiger partial charge in [0.25, 0.3) is 5.91 Å². The smallest absolute Gasteiger partial charge is 0.433 e. The van der Waals surface area contributed by atoms with Crippen LogP contribution in [0.4, 0.5) is 23.7 Å². The van der Waals surface area contributed by atoms with Crippen molar-refractivity contribution >= 4 is 34.3 Å². The van der Waals surface area contributed by atoms with Gasteiger partial charge in [0, 0.05) is 36.1 Å². The van der Waals surface area contributed by atoms with Crippen molar-refractivity contribution in [3.05, 3.63) is 36.0 Å². The van der Waals surface area contributed by atoms with Crippen molar-refractivity contribution in [2.45, 2.75) is 95.2 Å². The molecule has 12 heteroatoms. The molecule has 1 saturated heterocycles. The Balaban J connectivity index is 1.20. The van der Waals surface area contributed by atoms with Crippen LogP contribution in [0.5, 0.6) is 0 Å². The maximum atomic E-state index is 13.5. The molecule has 1 unspecified atom stereocenters. The molecular formula is C29H36F3N5O4. The van der Waals surface area contributed by atoms with Gasteiger partial charge in [0.05, 0.1) is 12.1 Å². The molecule has 1 spiro atoms. The monoisotopic (exact) mass is 575 g/mol. The lowest BCUT2D eigenvalue weighted by molar-refractivity contribution is -0.140. The topological polar surface area (TPSA) is 105 Å². The van der Waals surface area contributed by atoms with Gasteiger partial charge in [-0.25, -0.2) is 9.78 Å². The SMILES string of the molecule is CC(C)(C)OC(=O)N1CCCC2(CC(C(=O)N[C@@H]3CCC[C@H](Nc4cc(C(F)(F)F)nc5ccccc45)C3)=NO2)C1. The number of aromatic nitrogens is 1. The normalized spacial score (nSPS) is 25.0. The van der Waals surface area contributed by atoms with E-state index in [4.69, 9.17) is 9.57 Å². The molecule has 2 aliphatic heterocycles. The van der Waals surface area contributed by atoms with Crippen LogP contribution < -0.4 is 10.6 Å². The minimum absolute atomic E-state index is 0.130. The van der Waals surface area contributed by atoms with E-state index < -0.39 is 29.2 Å². The average Bonchev–Trinajstić information content (AvgIpc) is 3.30. The number of hydrogen-bond acceptors (Lipinski definition) is 7. The van der Waals surface area contributed by atoms with Gasteiger partial charge in [-0.2, -0.15) is 13.2 Å². The number of rotatable bonds is 4. The summed E-state index contributed by atoms with van der Waals surface area (Å²) in [6.07, 6.45) is -0.448. The first-order valence-corrected chi connectivity index (χ1v) is 14.1. The number of pyridine rings is 1. The largest absolute Gasteiger partial charge is 0.444 e. The molecule has 9 nitrogen and oxygen atoms in total. The molecule has 5 rings (SSSR count). The van der Waals surface area contributed by atoms with E-state index in [-0.39, 0.29) is 42.2 Å². The number of carbonyl (C=O) groups excluding carboxylic acids is 2. The molecule has 0 radical (unpaired) electrons. The highest BCUT2D eigenvalue weighted by Crippen LogP contribution is 2.36. The van der Waals surface area contributed by atoms with E-state index in [1.807, 2.05) is 20.8 Å². The van der Waals surface area contributed by atoms with Crippen LogP contribution in [-0.2, 0) is 20.5 Å². The number of alkyl halides is 3. The van der Waals surface area contributed by atoms with Crippen LogP contribution in [-0.4, -0.2) is 64.0 Å². The van der Waals surface area contributed by atoms with Crippen LogP contribution in [0.2, 0.25) is 0 Å². The number of benzene rings is 1. The molecule has 3 aliphatic rings. The highest BCUT2D eigenvalue weighted by Gasteiger charge is 2.46. The second-order valence-corrected chi connectivity index (χ2v) is 12.2. The van der Waals surface area contributed by atoms with Gasteiger partial charge in [-0.15, -0.1) is 0 Å². The number of nitrogens with zero attached hydrogens (tertiary/aromatic N) is 3. The number of oxime groups is 1. The fourth-order valence-electron chi connectivity index (χ4n) is 5.82. The van der Waals surface area contributed by atoms with Crippen molar-refractivity contribution in [1.82, 2.24) is 15.2 Å². The lowest BCUT2D eigenvalue weighted by atomic mass is 9.87. The van der Waals surface area contributed by atoms with Crippen LogP contribution in [0, 0.1) is 0 Å². The van der Waals surface area contributed by atoms with E-state index in [9.17, 15) is 22.8 Å². The summed E-state index contributed by atoms with van der Waals surface area (Å²) in [6.45, 7) is 6.28. The van der Waals surface area contributed by atoms with Gasteiger partial charge in [-0.3, -0.25) is 4.79 Å². The Morgan fingerprint density at radius 1 is 1.12 bits per heavy atom. The molecule has 1 aromatic heterocycles. The third-order valence-corrected chi connectivity index (χ3v) is 7.67. The van der Waals surface area contributed by atoms with Crippen LogP contribution in [0.3, 0.4) is 0 Å². The van der Waals surface area contributed by atoms with E-state index >= 15 is 0 Å². The van der Waals surface area contributed by atoms with Crippen LogP contribution >= 0.6 is 0 Å². The van der Waals surface area contributed by atoms with E-state index in [1.165, 1.54) is 0 Å². The molecule has 2 fully saturated rings. The predicted molar refractivity (Wildman–Crippen MR) is 147 cm³/mol. The Morgan fingerprint density at radius 3 is 2.63 bits per heavy atom. The van der Waals surface area contributed by atoms with Crippen molar-refractivity contribution in [2.75, 3.05) is 18.4 Å². The average molecular weight is 576 g/mol. The van der Waals surface area contributed by atoms with Crippen molar-refractivity contribution in [3.63, 3.8) is 0 Å². The molecular weight excluding hydrogens is 539 g/mol. The molecule has 222 valence electrons. The quantitative estimate of drug-likeness (QED) is 0.489. The van der Waals surface area contributed by atoms with E-state index in [1.54, 1.807) is 29.2 Å². The summed E-state index contributed by atoms with van der Waals surface area (Å²) in [5, 5.41) is 11.1. The van der Waals surface area contributed by atoms with Gasteiger partial charge < -0.3 is 25.1 Å². The summed E-state index contributed by atoms with van der Waals surface area (Å²) >= 11 is 0. The van der Waals surface area contributed by atoms with E-state index in [0.29, 0.717) is 36.9 Å². The van der Waals surface area contributed by atoms with Gasteiger partial charge in [-0.05, 0) is 71.4 Å². The number of hydrogen-bond donors (Lipinski definition) is 2. The zero-order chi connectivity index (χ0) is 29.4. The molecule has 2 aromatic rings. The molecule has 3 atom stereocenters. The second kappa shape index (κ2) is 11.0. The summed E-state index contributed by atoms with van der Waals surface area (Å²) in [7, 11) is 0. The molecule has 0 bridgehead atoms. The van der Waals surface area contributed by atoms with Gasteiger partial charge in [0.1, 0.15) is 17.0 Å². The summed E-state index contributed by atoms with van der Waals surface area (Å²) < 4.78 is 46.0. The number of halogens is 3. The van der Waals surface area contributed by atoms with Gasteiger partial charge in [0.15, 0.2) is 5.60 Å². The number of carbonyl (C=O) groups is 2. The minimum atomic E-state index is -4.56. The number of para-hydroxylation sites is 1. The first-order chi connectivity index (χ1) is 19.3. The summed E-state index contributed by atoms with van der Waals surface area (Å²) in [5.74, 6) is -0.323. The van der Waals surface area contributed by atoms with Crippen LogP contribution in [0.25, 0.3) is 10.9 Å². The molecule has 1 aliphatic carbocycles. The first-order valence-electron chi connectivity index (χ1n) is 14.1. The number of nitrogens with one attached hydrogen (secondary N) is 2. The number of anilines is 1. The number of piperidine rings is 1. The van der Waals surface area contributed by atoms with E-state index in [0.717, 1.165) is 25.3 Å². The second-order valence-electron chi connectivity index (χ2n) is 12.2. The highest BCUT2D eigenvalue weighted by atomic mass is 19.4. The maximum Gasteiger partial charge on any atom is 0.433 e. The Hall–Kier alpha value is -3.57. The third kappa shape index (κ3) is 6.84. The number of ether oxygens (including phenoxy) is 1. The molecule has 41 heavy (non-hydrogen) atoms. The first kappa shape index (κ1) is 28.9. The number of likely N-dealkylation sites (tertiary alicyclic amines) is 1. The van der Waals surface area contributed by atoms with Crippen LogP contribution in [0.15, 0.2) is 35.5 Å². The van der Waals surface area contributed by atoms with Gasteiger partial charge >= 0.3 is 12.3 Å². The fraction of sp³-hybridized carbons (Fsp3) is 0.586. The lowest BCUT2D eigenvalue weighted by Gasteiger charge is -2.38. The van der Waals surface area contributed by atoms with Crippen LogP contribution in [0.1, 0.15) is 71.4 Å². The van der Waals surface area contributed by atoms with Crippen molar-refractivity contribution < 1.29 is 32.3 Å². The molecule has 2 amide bonds.